The molecule has 5 rings (SSSR count). The van der Waals surface area contributed by atoms with E-state index in [4.69, 9.17) is 22.1 Å². The maximum absolute atomic E-state index is 13.6. The summed E-state index contributed by atoms with van der Waals surface area (Å²) in [7, 11) is 0. The van der Waals surface area contributed by atoms with E-state index >= 15 is 0 Å². The van der Waals surface area contributed by atoms with E-state index in [2.05, 4.69) is 13.0 Å². The Labute approximate surface area is 233 Å². The molecule has 192 valence electrons. The molecule has 2 heterocycles. The molecular formula is C31H29N3O2S2. The lowest BCUT2D eigenvalue weighted by Crippen LogP contribution is -2.30. The van der Waals surface area contributed by atoms with Gasteiger partial charge in [0.1, 0.15) is 15.8 Å². The van der Waals surface area contributed by atoms with Crippen molar-refractivity contribution in [3.8, 4) is 22.7 Å². The number of aromatic nitrogens is 2. The SMILES string of the molecule is CCCOc1ccc(-c2nn(-c3ccccc3)cc2/C=C2\SC(=S)N([C@H](C)c3ccccc3)C2=O)cc1C. The first-order valence-corrected chi connectivity index (χ1v) is 13.9. The number of para-hydroxylation sites is 1. The van der Waals surface area contributed by atoms with E-state index < -0.39 is 0 Å². The van der Waals surface area contributed by atoms with Crippen molar-refractivity contribution < 1.29 is 9.53 Å². The van der Waals surface area contributed by atoms with Crippen LogP contribution < -0.4 is 4.74 Å². The minimum Gasteiger partial charge on any atom is -0.493 e. The first-order chi connectivity index (χ1) is 18.5. The number of hydrogen-bond acceptors (Lipinski definition) is 5. The number of rotatable bonds is 8. The largest absolute Gasteiger partial charge is 0.493 e. The minimum absolute atomic E-state index is 0.0886. The quantitative estimate of drug-likeness (QED) is 0.170. The van der Waals surface area contributed by atoms with Gasteiger partial charge in [-0.2, -0.15) is 5.10 Å². The van der Waals surface area contributed by atoms with Crippen molar-refractivity contribution in [2.75, 3.05) is 6.61 Å². The summed E-state index contributed by atoms with van der Waals surface area (Å²) in [5, 5.41) is 4.94. The van der Waals surface area contributed by atoms with Gasteiger partial charge in [0.15, 0.2) is 0 Å². The maximum atomic E-state index is 13.6. The smallest absolute Gasteiger partial charge is 0.266 e. The number of thiocarbonyl (C=S) groups is 1. The number of benzene rings is 3. The second-order valence-electron chi connectivity index (χ2n) is 9.18. The van der Waals surface area contributed by atoms with Gasteiger partial charge in [0, 0.05) is 17.3 Å². The molecule has 38 heavy (non-hydrogen) atoms. The highest BCUT2D eigenvalue weighted by atomic mass is 32.2. The molecule has 0 N–H and O–H groups in total. The van der Waals surface area contributed by atoms with Crippen molar-refractivity contribution in [2.24, 2.45) is 0 Å². The first kappa shape index (κ1) is 25.9. The fourth-order valence-electron chi connectivity index (χ4n) is 4.44. The lowest BCUT2D eigenvalue weighted by molar-refractivity contribution is -0.123. The average Bonchev–Trinajstić information content (AvgIpc) is 3.48. The lowest BCUT2D eigenvalue weighted by Gasteiger charge is -2.23. The number of aryl methyl sites for hydroxylation is 1. The second-order valence-corrected chi connectivity index (χ2v) is 10.9. The van der Waals surface area contributed by atoms with Gasteiger partial charge >= 0.3 is 0 Å². The summed E-state index contributed by atoms with van der Waals surface area (Å²) in [6, 6.07) is 25.9. The molecular weight excluding hydrogens is 510 g/mol. The Hall–Kier alpha value is -3.68. The third-order valence-corrected chi connectivity index (χ3v) is 7.78. The van der Waals surface area contributed by atoms with Crippen LogP contribution in [0.4, 0.5) is 0 Å². The van der Waals surface area contributed by atoms with E-state index in [0.29, 0.717) is 15.8 Å². The lowest BCUT2D eigenvalue weighted by atomic mass is 10.0. The molecule has 0 spiro atoms. The van der Waals surface area contributed by atoms with E-state index in [9.17, 15) is 4.79 Å². The van der Waals surface area contributed by atoms with Crippen LogP contribution in [0.1, 0.15) is 43.0 Å². The van der Waals surface area contributed by atoms with Gasteiger partial charge in [-0.15, -0.1) is 0 Å². The van der Waals surface area contributed by atoms with Crippen molar-refractivity contribution in [1.29, 1.82) is 0 Å². The summed E-state index contributed by atoms with van der Waals surface area (Å²) < 4.78 is 8.29. The highest BCUT2D eigenvalue weighted by molar-refractivity contribution is 8.26. The molecule has 0 saturated carbocycles. The summed E-state index contributed by atoms with van der Waals surface area (Å²) in [4.78, 5) is 15.9. The molecule has 1 amide bonds. The van der Waals surface area contributed by atoms with E-state index in [0.717, 1.165) is 45.8 Å². The Bertz CT molecular complexity index is 1500. The minimum atomic E-state index is -0.153. The fourth-order valence-corrected chi connectivity index (χ4v) is 5.85. The third-order valence-electron chi connectivity index (χ3n) is 6.45. The Morgan fingerprint density at radius 3 is 2.45 bits per heavy atom. The summed E-state index contributed by atoms with van der Waals surface area (Å²) in [6.45, 7) is 6.82. The molecule has 0 aliphatic carbocycles. The summed E-state index contributed by atoms with van der Waals surface area (Å²) in [6.07, 6.45) is 4.83. The monoisotopic (exact) mass is 539 g/mol. The number of thioether (sulfide) groups is 1. The molecule has 4 aromatic rings. The van der Waals surface area contributed by atoms with Crippen LogP contribution in [0.2, 0.25) is 0 Å². The van der Waals surface area contributed by atoms with Crippen molar-refractivity contribution in [2.45, 2.75) is 33.2 Å². The van der Waals surface area contributed by atoms with Crippen molar-refractivity contribution in [3.05, 3.63) is 107 Å². The number of ether oxygens (including phenoxy) is 1. The van der Waals surface area contributed by atoms with E-state index in [-0.39, 0.29) is 11.9 Å². The van der Waals surface area contributed by atoms with Crippen LogP contribution >= 0.6 is 24.0 Å². The first-order valence-electron chi connectivity index (χ1n) is 12.7. The van der Waals surface area contributed by atoms with E-state index in [1.807, 2.05) is 104 Å². The molecule has 0 radical (unpaired) electrons. The third kappa shape index (κ3) is 5.30. The zero-order chi connectivity index (χ0) is 26.6. The van der Waals surface area contributed by atoms with Gasteiger partial charge in [-0.3, -0.25) is 9.69 Å². The maximum Gasteiger partial charge on any atom is 0.266 e. The van der Waals surface area contributed by atoms with Crippen molar-refractivity contribution >= 4 is 40.3 Å². The van der Waals surface area contributed by atoms with Crippen LogP contribution in [0, 0.1) is 6.92 Å². The number of carbonyl (C=O) groups excluding carboxylic acids is 1. The van der Waals surface area contributed by atoms with Gasteiger partial charge in [-0.25, -0.2) is 4.68 Å². The van der Waals surface area contributed by atoms with Crippen LogP contribution in [0.3, 0.4) is 0 Å². The van der Waals surface area contributed by atoms with Gasteiger partial charge < -0.3 is 4.74 Å². The van der Waals surface area contributed by atoms with Crippen LogP contribution in [-0.4, -0.2) is 31.5 Å². The molecule has 7 heteroatoms. The zero-order valence-corrected chi connectivity index (χ0v) is 23.3. The van der Waals surface area contributed by atoms with Crippen LogP contribution in [-0.2, 0) is 4.79 Å². The number of carbonyl (C=O) groups is 1. The van der Waals surface area contributed by atoms with Crippen LogP contribution in [0.15, 0.2) is 90.0 Å². The standard InChI is InChI=1S/C31H29N3O2S2/c1-4-17-36-27-16-15-24(18-21(27)2)29-25(20-33(32-29)26-13-9-6-10-14-26)19-28-30(35)34(31(37)38-28)22(3)23-11-7-5-8-12-23/h5-16,18-20,22H,4,17H2,1-3H3/b28-19-/t22-/m1/s1. The van der Waals surface area contributed by atoms with Gasteiger partial charge in [0.2, 0.25) is 0 Å². The highest BCUT2D eigenvalue weighted by Crippen LogP contribution is 2.39. The Balaban J connectivity index is 1.54. The molecule has 1 aliphatic rings. The molecule has 1 aromatic heterocycles. The number of nitrogens with zero attached hydrogens (tertiary/aromatic N) is 3. The molecule has 0 bridgehead atoms. The van der Waals surface area contributed by atoms with Crippen LogP contribution in [0.5, 0.6) is 5.75 Å². The highest BCUT2D eigenvalue weighted by Gasteiger charge is 2.36. The molecule has 3 aromatic carbocycles. The predicted molar refractivity (Wildman–Crippen MR) is 159 cm³/mol. The zero-order valence-electron chi connectivity index (χ0n) is 21.6. The van der Waals surface area contributed by atoms with Crippen molar-refractivity contribution in [1.82, 2.24) is 14.7 Å². The van der Waals surface area contributed by atoms with E-state index in [1.165, 1.54) is 11.8 Å². The van der Waals surface area contributed by atoms with Gasteiger partial charge in [-0.1, -0.05) is 79.4 Å². The van der Waals surface area contributed by atoms with Gasteiger partial charge in [-0.05, 0) is 67.8 Å². The van der Waals surface area contributed by atoms with Gasteiger partial charge in [0.25, 0.3) is 5.91 Å². The number of hydrogen-bond donors (Lipinski definition) is 0. The summed E-state index contributed by atoms with van der Waals surface area (Å²) in [5.41, 5.74) is 5.63. The molecule has 1 saturated heterocycles. The Morgan fingerprint density at radius 1 is 1.05 bits per heavy atom. The summed E-state index contributed by atoms with van der Waals surface area (Å²) in [5.74, 6) is 0.782. The second kappa shape index (κ2) is 11.4. The summed E-state index contributed by atoms with van der Waals surface area (Å²) >= 11 is 6.99. The normalized spacial score (nSPS) is 15.3. The topological polar surface area (TPSA) is 47.4 Å². The molecule has 0 unspecified atom stereocenters. The Kier molecular flexibility index (Phi) is 7.77. The van der Waals surface area contributed by atoms with Crippen molar-refractivity contribution in [3.63, 3.8) is 0 Å². The Morgan fingerprint density at radius 2 is 1.76 bits per heavy atom. The van der Waals surface area contributed by atoms with E-state index in [1.54, 1.807) is 4.90 Å². The fraction of sp³-hybridized carbons (Fsp3) is 0.194. The molecule has 1 atom stereocenters. The molecule has 1 fully saturated rings. The van der Waals surface area contributed by atoms with Crippen LogP contribution in [0.25, 0.3) is 23.0 Å². The molecule has 5 nitrogen and oxygen atoms in total. The predicted octanol–water partition coefficient (Wildman–Crippen LogP) is 7.60. The number of amides is 1. The van der Waals surface area contributed by atoms with Gasteiger partial charge in [0.05, 0.1) is 23.2 Å². The molecule has 1 aliphatic heterocycles. The average molecular weight is 540 g/mol.